The van der Waals surface area contributed by atoms with Gasteiger partial charge < -0.3 is 4.74 Å². The minimum atomic E-state index is 0.652. The lowest BCUT2D eigenvalue weighted by molar-refractivity contribution is 0.412. The topological polar surface area (TPSA) is 63.7 Å². The molecule has 1 aromatic heterocycles. The van der Waals surface area contributed by atoms with E-state index in [-0.39, 0.29) is 0 Å². The molecule has 0 saturated heterocycles. The van der Waals surface area contributed by atoms with Crippen LogP contribution in [0.25, 0.3) is 0 Å². The van der Waals surface area contributed by atoms with Crippen LogP contribution in [0.2, 0.25) is 0 Å². The molecule has 1 aromatic carbocycles. The molecule has 0 spiro atoms. The number of methoxy groups -OCH3 is 1. The van der Waals surface area contributed by atoms with Crippen molar-refractivity contribution >= 4 is 15.9 Å². The molecule has 0 aliphatic carbocycles. The monoisotopic (exact) mass is 268 g/mol. The summed E-state index contributed by atoms with van der Waals surface area (Å²) in [7, 11) is 1.64. The van der Waals surface area contributed by atoms with Gasteiger partial charge in [-0.05, 0) is 33.6 Å². The van der Waals surface area contributed by atoms with Gasteiger partial charge in [0.2, 0.25) is 0 Å². The fraction of sp³-hybridized carbons (Fsp3) is 0.222. The van der Waals surface area contributed by atoms with Gasteiger partial charge in [0.1, 0.15) is 5.75 Å². The average Bonchev–Trinajstić information content (AvgIpc) is 2.71. The third-order valence-corrected chi connectivity index (χ3v) is 2.59. The van der Waals surface area contributed by atoms with E-state index in [0.717, 1.165) is 15.8 Å². The van der Waals surface area contributed by atoms with Crippen molar-refractivity contribution in [3.8, 4) is 5.75 Å². The minimum absolute atomic E-state index is 0.652. The lowest BCUT2D eigenvalue weighted by Crippen LogP contribution is -1.92. The maximum absolute atomic E-state index is 5.14. The molecule has 15 heavy (non-hydrogen) atoms. The number of nitrogens with one attached hydrogen (secondary N) is 1. The van der Waals surface area contributed by atoms with E-state index in [9.17, 15) is 0 Å². The molecule has 0 bridgehead atoms. The molecule has 6 heteroatoms. The van der Waals surface area contributed by atoms with Crippen molar-refractivity contribution in [2.24, 2.45) is 0 Å². The molecule has 1 heterocycles. The Bertz CT molecular complexity index is 443. The molecule has 1 N–H and O–H groups in total. The van der Waals surface area contributed by atoms with Crippen molar-refractivity contribution in [2.45, 2.75) is 6.42 Å². The Morgan fingerprint density at radius 1 is 1.47 bits per heavy atom. The van der Waals surface area contributed by atoms with Crippen LogP contribution >= 0.6 is 15.9 Å². The summed E-state index contributed by atoms with van der Waals surface area (Å²) in [6.07, 6.45) is 0.652. The van der Waals surface area contributed by atoms with E-state index >= 15 is 0 Å². The maximum Gasteiger partial charge on any atom is 0.178 e. The summed E-state index contributed by atoms with van der Waals surface area (Å²) >= 11 is 3.42. The smallest absolute Gasteiger partial charge is 0.178 e. The van der Waals surface area contributed by atoms with Crippen molar-refractivity contribution < 1.29 is 4.74 Å². The van der Waals surface area contributed by atoms with Crippen LogP contribution in [-0.4, -0.2) is 27.7 Å². The standard InChI is InChI=1S/C9H9BrN4O/c1-15-8-3-2-6(4-7(8)10)5-9-11-13-14-12-9/h2-4H,5H2,1H3,(H,11,12,13,14). The van der Waals surface area contributed by atoms with Gasteiger partial charge in [-0.15, -0.1) is 10.2 Å². The van der Waals surface area contributed by atoms with E-state index in [4.69, 9.17) is 4.74 Å². The van der Waals surface area contributed by atoms with Crippen molar-refractivity contribution in [3.05, 3.63) is 34.1 Å². The van der Waals surface area contributed by atoms with Crippen LogP contribution in [0, 0.1) is 0 Å². The first kappa shape index (κ1) is 10.1. The van der Waals surface area contributed by atoms with Crippen molar-refractivity contribution in [1.29, 1.82) is 0 Å². The van der Waals surface area contributed by atoms with Gasteiger partial charge in [0.25, 0.3) is 0 Å². The Hall–Kier alpha value is -1.43. The number of hydrogen-bond acceptors (Lipinski definition) is 4. The number of tetrazole rings is 1. The minimum Gasteiger partial charge on any atom is -0.496 e. The number of ether oxygens (including phenoxy) is 1. The van der Waals surface area contributed by atoms with Gasteiger partial charge in [0.05, 0.1) is 11.6 Å². The molecule has 0 amide bonds. The normalized spacial score (nSPS) is 10.3. The molecule has 2 aromatic rings. The number of rotatable bonds is 3. The zero-order chi connectivity index (χ0) is 10.7. The molecule has 0 unspecified atom stereocenters. The Labute approximate surface area is 95.0 Å². The molecule has 0 fully saturated rings. The quantitative estimate of drug-likeness (QED) is 0.918. The molecule has 0 aliphatic heterocycles. The van der Waals surface area contributed by atoms with E-state index in [1.165, 1.54) is 0 Å². The average molecular weight is 269 g/mol. The first-order valence-corrected chi connectivity index (χ1v) is 5.13. The third-order valence-electron chi connectivity index (χ3n) is 1.97. The Balaban J connectivity index is 2.20. The lowest BCUT2D eigenvalue weighted by atomic mass is 10.1. The van der Waals surface area contributed by atoms with E-state index in [2.05, 4.69) is 36.6 Å². The summed E-state index contributed by atoms with van der Waals surface area (Å²) in [5, 5.41) is 13.7. The van der Waals surface area contributed by atoms with E-state index < -0.39 is 0 Å². The number of hydrogen-bond donors (Lipinski definition) is 1. The Kier molecular flexibility index (Phi) is 2.96. The van der Waals surface area contributed by atoms with Gasteiger partial charge in [-0.3, -0.25) is 0 Å². The number of benzene rings is 1. The van der Waals surface area contributed by atoms with Gasteiger partial charge in [-0.25, -0.2) is 0 Å². The highest BCUT2D eigenvalue weighted by Crippen LogP contribution is 2.25. The van der Waals surface area contributed by atoms with E-state index in [0.29, 0.717) is 12.2 Å². The number of aromatic amines is 1. The Morgan fingerprint density at radius 3 is 2.93 bits per heavy atom. The highest BCUT2D eigenvalue weighted by Gasteiger charge is 2.04. The molecule has 0 aliphatic rings. The van der Waals surface area contributed by atoms with Gasteiger partial charge in [0, 0.05) is 6.42 Å². The summed E-state index contributed by atoms with van der Waals surface area (Å²) in [5.74, 6) is 1.49. The van der Waals surface area contributed by atoms with E-state index in [1.54, 1.807) is 7.11 Å². The first-order valence-electron chi connectivity index (χ1n) is 4.34. The van der Waals surface area contributed by atoms with Crippen LogP contribution in [0.1, 0.15) is 11.4 Å². The van der Waals surface area contributed by atoms with Gasteiger partial charge in [-0.1, -0.05) is 11.3 Å². The van der Waals surface area contributed by atoms with Crippen molar-refractivity contribution in [1.82, 2.24) is 20.6 Å². The van der Waals surface area contributed by atoms with Crippen molar-refractivity contribution in [2.75, 3.05) is 7.11 Å². The van der Waals surface area contributed by atoms with Crippen LogP contribution in [0.5, 0.6) is 5.75 Å². The summed E-state index contributed by atoms with van der Waals surface area (Å²) in [4.78, 5) is 0. The molecule has 78 valence electrons. The SMILES string of the molecule is COc1ccc(Cc2nn[nH]n2)cc1Br. The highest BCUT2D eigenvalue weighted by atomic mass is 79.9. The second kappa shape index (κ2) is 4.39. The summed E-state index contributed by atoms with van der Waals surface area (Å²) < 4.78 is 6.06. The molecule has 0 radical (unpaired) electrons. The molecular formula is C9H9BrN4O. The largest absolute Gasteiger partial charge is 0.496 e. The van der Waals surface area contributed by atoms with E-state index in [1.807, 2.05) is 18.2 Å². The number of halogens is 1. The van der Waals surface area contributed by atoms with Crippen LogP contribution in [0.15, 0.2) is 22.7 Å². The zero-order valence-electron chi connectivity index (χ0n) is 8.07. The molecule has 0 atom stereocenters. The lowest BCUT2D eigenvalue weighted by Gasteiger charge is -2.04. The molecule has 2 rings (SSSR count). The summed E-state index contributed by atoms with van der Waals surface area (Å²) in [5.41, 5.74) is 1.10. The number of aromatic nitrogens is 4. The fourth-order valence-electron chi connectivity index (χ4n) is 1.26. The molecule has 0 saturated carbocycles. The molecule has 5 nitrogen and oxygen atoms in total. The van der Waals surface area contributed by atoms with Gasteiger partial charge in [0.15, 0.2) is 5.82 Å². The first-order chi connectivity index (χ1) is 7.29. The Morgan fingerprint density at radius 2 is 2.33 bits per heavy atom. The molecular weight excluding hydrogens is 260 g/mol. The maximum atomic E-state index is 5.14. The van der Waals surface area contributed by atoms with Crippen LogP contribution in [0.4, 0.5) is 0 Å². The highest BCUT2D eigenvalue weighted by molar-refractivity contribution is 9.10. The van der Waals surface area contributed by atoms with Crippen LogP contribution < -0.4 is 4.74 Å². The van der Waals surface area contributed by atoms with Crippen molar-refractivity contribution in [3.63, 3.8) is 0 Å². The third kappa shape index (κ3) is 2.33. The van der Waals surface area contributed by atoms with Gasteiger partial charge in [-0.2, -0.15) is 5.21 Å². The second-order valence-electron chi connectivity index (χ2n) is 2.97. The summed E-state index contributed by atoms with van der Waals surface area (Å²) in [6, 6.07) is 5.86. The van der Waals surface area contributed by atoms with Crippen LogP contribution in [-0.2, 0) is 6.42 Å². The fourth-order valence-corrected chi connectivity index (χ4v) is 1.85. The second-order valence-corrected chi connectivity index (χ2v) is 3.83. The number of H-pyrrole nitrogens is 1. The number of nitrogens with zero attached hydrogens (tertiary/aromatic N) is 3. The predicted molar refractivity (Wildman–Crippen MR) is 57.7 cm³/mol. The summed E-state index contributed by atoms with van der Waals surface area (Å²) in [6.45, 7) is 0. The van der Waals surface area contributed by atoms with Crippen LogP contribution in [0.3, 0.4) is 0 Å². The predicted octanol–water partition coefficient (Wildman–Crippen LogP) is 1.56. The van der Waals surface area contributed by atoms with Gasteiger partial charge >= 0.3 is 0 Å². The zero-order valence-corrected chi connectivity index (χ0v) is 9.65.